The van der Waals surface area contributed by atoms with E-state index in [2.05, 4.69) is 17.7 Å². The zero-order valence-electron chi connectivity index (χ0n) is 7.03. The molecule has 10 heavy (non-hydrogen) atoms. The summed E-state index contributed by atoms with van der Waals surface area (Å²) in [6.45, 7) is 0. The van der Waals surface area contributed by atoms with Crippen molar-refractivity contribution in [1.82, 2.24) is 0 Å². The first-order valence-electron chi connectivity index (χ1n) is 4.79. The van der Waals surface area contributed by atoms with Gasteiger partial charge in [0.2, 0.25) is 0 Å². The second-order valence-electron chi connectivity index (χ2n) is 4.65. The first kappa shape index (κ1) is 7.26. The number of hydrogen-bond donors (Lipinski definition) is 0. The van der Waals surface area contributed by atoms with Crippen LogP contribution in [0.1, 0.15) is 44.9 Å². The first-order chi connectivity index (χ1) is 4.79. The van der Waals surface area contributed by atoms with Crippen LogP contribution in [0, 0.1) is 5.92 Å². The van der Waals surface area contributed by atoms with Gasteiger partial charge in [-0.05, 0) is 0 Å². The topological polar surface area (TPSA) is 0 Å². The number of rotatable bonds is 0. The molecule has 0 N–H and O–H groups in total. The maximum atomic E-state index is 2.49. The van der Waals surface area contributed by atoms with E-state index < -0.39 is 0 Å². The molecule has 0 nitrogen and oxygen atoms in total. The van der Waals surface area contributed by atoms with Crippen LogP contribution in [0.3, 0.4) is 0 Å². The first-order valence-corrected chi connectivity index (χ1v) is 4.79. The summed E-state index contributed by atoms with van der Waals surface area (Å²) in [6, 6.07) is 0. The Kier molecular flexibility index (Phi) is 1.87. The molecule has 3 saturated carbocycles. The molecule has 3 aliphatic rings. The minimum atomic E-state index is 0.771. The summed E-state index contributed by atoms with van der Waals surface area (Å²) < 4.78 is 0.771. The van der Waals surface area contributed by atoms with Gasteiger partial charge in [0.15, 0.2) is 0 Å². The van der Waals surface area contributed by atoms with Crippen molar-refractivity contribution in [2.45, 2.75) is 49.0 Å². The van der Waals surface area contributed by atoms with Crippen LogP contribution in [-0.4, -0.2) is 17.7 Å². The monoisotopic (exact) mass is 130 g/mol. The van der Waals surface area contributed by atoms with Crippen LogP contribution < -0.4 is 0 Å². The summed E-state index contributed by atoms with van der Waals surface area (Å²) in [4.78, 5) is 0. The van der Waals surface area contributed by atoms with E-state index in [1.807, 2.05) is 0 Å². The summed E-state index contributed by atoms with van der Waals surface area (Å²) in [5.41, 5.74) is 0. The molecule has 0 heterocycles. The normalized spacial score (nSPS) is 47.2. The van der Waals surface area contributed by atoms with Crippen LogP contribution in [0.4, 0.5) is 0 Å². The second kappa shape index (κ2) is 2.58. The van der Waals surface area contributed by atoms with Gasteiger partial charge in [0, 0.05) is 0 Å². The molecule has 0 aliphatic heterocycles. The van der Waals surface area contributed by atoms with Gasteiger partial charge in [0.05, 0.1) is 0 Å². The molecular formula is C9H15Li. The van der Waals surface area contributed by atoms with Gasteiger partial charge in [-0.25, -0.2) is 0 Å². The molecule has 0 amide bonds. The fourth-order valence-corrected chi connectivity index (χ4v) is 2.73. The molecule has 0 aromatic heterocycles. The van der Waals surface area contributed by atoms with Crippen molar-refractivity contribution in [3.8, 4) is 0 Å². The van der Waals surface area contributed by atoms with Crippen LogP contribution in [0.5, 0.6) is 0 Å². The average Bonchev–Trinajstić information content (AvgIpc) is 2.19. The van der Waals surface area contributed by atoms with E-state index in [0.29, 0.717) is 0 Å². The third kappa shape index (κ3) is 1.29. The van der Waals surface area contributed by atoms with Gasteiger partial charge in [-0.15, -0.1) is 0 Å². The fourth-order valence-electron chi connectivity index (χ4n) is 2.73. The van der Waals surface area contributed by atoms with E-state index in [0.717, 1.165) is 10.0 Å². The molecule has 3 fully saturated rings. The summed E-state index contributed by atoms with van der Waals surface area (Å²) in [5, 5.41) is 0. The zero-order chi connectivity index (χ0) is 7.03. The van der Waals surface area contributed by atoms with Crippen molar-refractivity contribution in [1.29, 1.82) is 0 Å². The molecule has 2 bridgehead atoms. The fraction of sp³-hybridized carbons (Fsp3) is 1.00. The SMILES string of the molecule is [Li][C]12CCCC(CC1)CC2. The van der Waals surface area contributed by atoms with Crippen LogP contribution in [0.2, 0.25) is 4.09 Å². The van der Waals surface area contributed by atoms with E-state index >= 15 is 0 Å². The Morgan fingerprint density at radius 1 is 1.00 bits per heavy atom. The Labute approximate surface area is 73.0 Å². The van der Waals surface area contributed by atoms with Crippen molar-refractivity contribution in [3.05, 3.63) is 0 Å². The molecule has 0 unspecified atom stereocenters. The van der Waals surface area contributed by atoms with Gasteiger partial charge >= 0.3 is 72.7 Å². The molecule has 52 valence electrons. The molecule has 0 radical (unpaired) electrons. The van der Waals surface area contributed by atoms with Crippen LogP contribution in [0.25, 0.3) is 0 Å². The Morgan fingerprint density at radius 3 is 2.40 bits per heavy atom. The van der Waals surface area contributed by atoms with E-state index in [9.17, 15) is 0 Å². The molecule has 0 saturated heterocycles. The second-order valence-corrected chi connectivity index (χ2v) is 4.65. The van der Waals surface area contributed by atoms with Gasteiger partial charge in [-0.1, -0.05) is 0 Å². The molecule has 1 heteroatoms. The predicted molar refractivity (Wildman–Crippen MR) is 44.3 cm³/mol. The standard InChI is InChI=1S/C9H15.Li/c1-2-8-4-6-9(3-1)7-5-8;/h8H,1-7H2;. The Bertz CT molecular complexity index is 117. The van der Waals surface area contributed by atoms with E-state index in [4.69, 9.17) is 0 Å². The van der Waals surface area contributed by atoms with Crippen LogP contribution in [-0.2, 0) is 0 Å². The van der Waals surface area contributed by atoms with E-state index in [-0.39, 0.29) is 0 Å². The third-order valence-electron chi connectivity index (χ3n) is 3.70. The van der Waals surface area contributed by atoms with Crippen molar-refractivity contribution in [2.75, 3.05) is 0 Å². The Balaban J connectivity index is 2.11. The van der Waals surface area contributed by atoms with Crippen molar-refractivity contribution >= 4 is 17.7 Å². The summed E-state index contributed by atoms with van der Waals surface area (Å²) in [5.74, 6) is 1.12. The molecule has 3 rings (SSSR count). The minimum absolute atomic E-state index is 0.771. The number of hydrogen-bond acceptors (Lipinski definition) is 0. The summed E-state index contributed by atoms with van der Waals surface area (Å²) in [7, 11) is 0. The third-order valence-corrected chi connectivity index (χ3v) is 3.70. The Hall–Kier alpha value is 0.597. The van der Waals surface area contributed by atoms with Crippen LogP contribution >= 0.6 is 0 Å². The van der Waals surface area contributed by atoms with Gasteiger partial charge in [-0.3, -0.25) is 0 Å². The van der Waals surface area contributed by atoms with Crippen molar-refractivity contribution in [3.63, 3.8) is 0 Å². The van der Waals surface area contributed by atoms with Crippen molar-refractivity contribution in [2.24, 2.45) is 5.92 Å². The Morgan fingerprint density at radius 2 is 1.70 bits per heavy atom. The molecule has 3 aliphatic carbocycles. The summed E-state index contributed by atoms with van der Waals surface area (Å²) >= 11 is 2.49. The molecular weight excluding hydrogens is 115 g/mol. The quantitative estimate of drug-likeness (QED) is 0.442. The average molecular weight is 130 g/mol. The zero-order valence-corrected chi connectivity index (χ0v) is 7.03. The van der Waals surface area contributed by atoms with E-state index in [1.54, 1.807) is 0 Å². The van der Waals surface area contributed by atoms with Gasteiger partial charge < -0.3 is 0 Å². The molecule has 0 aromatic carbocycles. The molecule has 0 atom stereocenters. The summed E-state index contributed by atoms with van der Waals surface area (Å²) in [6.07, 6.45) is 10.7. The predicted octanol–water partition coefficient (Wildman–Crippen LogP) is 2.69. The van der Waals surface area contributed by atoms with Gasteiger partial charge in [-0.2, -0.15) is 0 Å². The maximum absolute atomic E-state index is 2.49. The van der Waals surface area contributed by atoms with Gasteiger partial charge in [0.25, 0.3) is 0 Å². The van der Waals surface area contributed by atoms with Gasteiger partial charge in [0.1, 0.15) is 0 Å². The van der Waals surface area contributed by atoms with Crippen molar-refractivity contribution < 1.29 is 0 Å². The number of fused-ring (bicyclic) bond motifs is 4. The molecule has 0 spiro atoms. The molecule has 0 aromatic rings. The van der Waals surface area contributed by atoms with Crippen LogP contribution in [0.15, 0.2) is 0 Å². The van der Waals surface area contributed by atoms with E-state index in [1.165, 1.54) is 44.9 Å².